The quantitative estimate of drug-likeness (QED) is 0.673. The van der Waals surface area contributed by atoms with Gasteiger partial charge in [0.25, 0.3) is 11.8 Å². The van der Waals surface area contributed by atoms with Gasteiger partial charge >= 0.3 is 6.03 Å². The van der Waals surface area contributed by atoms with E-state index in [1.54, 1.807) is 12.1 Å². The van der Waals surface area contributed by atoms with Gasteiger partial charge in [-0.15, -0.1) is 11.8 Å². The van der Waals surface area contributed by atoms with Crippen molar-refractivity contribution in [3.8, 4) is 17.2 Å². The van der Waals surface area contributed by atoms with Crippen LogP contribution < -0.4 is 19.5 Å². The molecule has 33 heavy (non-hydrogen) atoms. The summed E-state index contributed by atoms with van der Waals surface area (Å²) in [5.74, 6) is 1.000. The second kappa shape index (κ2) is 7.58. The Morgan fingerprint density at radius 2 is 1.76 bits per heavy atom. The Kier molecular flexibility index (Phi) is 4.93. The second-order valence-corrected chi connectivity index (χ2v) is 9.30. The van der Waals surface area contributed by atoms with Crippen molar-refractivity contribution in [2.45, 2.75) is 24.4 Å². The van der Waals surface area contributed by atoms with E-state index in [0.717, 1.165) is 11.1 Å². The molecule has 3 heterocycles. The van der Waals surface area contributed by atoms with Gasteiger partial charge in [-0.25, -0.2) is 4.79 Å². The number of aryl methyl sites for hydroxylation is 1. The van der Waals surface area contributed by atoms with E-state index in [2.05, 4.69) is 5.32 Å². The van der Waals surface area contributed by atoms with Gasteiger partial charge in [-0.2, -0.15) is 0 Å². The number of benzene rings is 2. The second-order valence-electron chi connectivity index (χ2n) is 8.08. The molecule has 5 rings (SSSR count). The normalized spacial score (nSPS) is 23.2. The summed E-state index contributed by atoms with van der Waals surface area (Å²) >= 11 is 1.33. The fraction of sp³-hybridized carbons (Fsp3) is 0.348. The average molecular weight is 470 g/mol. The molecule has 10 heteroatoms. The van der Waals surface area contributed by atoms with Gasteiger partial charge in [0.05, 0.1) is 27.9 Å². The van der Waals surface area contributed by atoms with Gasteiger partial charge in [0.15, 0.2) is 16.4 Å². The molecule has 0 bridgehead atoms. The number of hydrogen-bond acceptors (Lipinski definition) is 7. The zero-order valence-corrected chi connectivity index (χ0v) is 19.4. The van der Waals surface area contributed by atoms with E-state index in [9.17, 15) is 14.4 Å². The summed E-state index contributed by atoms with van der Waals surface area (Å²) < 4.78 is 16.1. The van der Waals surface area contributed by atoms with E-state index in [1.807, 2.05) is 25.1 Å². The van der Waals surface area contributed by atoms with Crippen molar-refractivity contribution in [1.82, 2.24) is 9.80 Å². The van der Waals surface area contributed by atoms with Gasteiger partial charge in [0, 0.05) is 17.0 Å². The molecular weight excluding hydrogens is 446 g/mol. The third kappa shape index (κ3) is 2.90. The minimum absolute atomic E-state index is 0.0183. The molecule has 3 aliphatic heterocycles. The number of anilines is 1. The van der Waals surface area contributed by atoms with Crippen LogP contribution in [-0.4, -0.2) is 60.8 Å². The van der Waals surface area contributed by atoms with Crippen LogP contribution in [-0.2, 0) is 21.0 Å². The van der Waals surface area contributed by atoms with Crippen LogP contribution in [0.5, 0.6) is 17.2 Å². The number of fused-ring (bicyclic) bond motifs is 4. The molecular formula is C23H23N3O6S. The Morgan fingerprint density at radius 1 is 1.06 bits per heavy atom. The number of carbonyl (C=O) groups excluding carboxylic acids is 3. The Hall–Kier alpha value is -3.40. The van der Waals surface area contributed by atoms with Crippen LogP contribution in [0.15, 0.2) is 30.3 Å². The first-order chi connectivity index (χ1) is 15.8. The highest BCUT2D eigenvalue weighted by atomic mass is 32.2. The molecule has 9 nitrogen and oxygen atoms in total. The molecule has 4 amide bonds. The molecule has 2 aromatic rings. The van der Waals surface area contributed by atoms with Crippen molar-refractivity contribution >= 4 is 35.3 Å². The maximum atomic E-state index is 13.6. The van der Waals surface area contributed by atoms with E-state index >= 15 is 0 Å². The fourth-order valence-corrected chi connectivity index (χ4v) is 6.27. The predicted octanol–water partition coefficient (Wildman–Crippen LogP) is 2.71. The molecule has 0 saturated carbocycles. The van der Waals surface area contributed by atoms with Gasteiger partial charge < -0.3 is 19.5 Å². The summed E-state index contributed by atoms with van der Waals surface area (Å²) in [6.45, 7) is 1.95. The van der Waals surface area contributed by atoms with Crippen molar-refractivity contribution < 1.29 is 28.6 Å². The van der Waals surface area contributed by atoms with Crippen molar-refractivity contribution in [1.29, 1.82) is 0 Å². The summed E-state index contributed by atoms with van der Waals surface area (Å²) in [7, 11) is 4.51. The van der Waals surface area contributed by atoms with Gasteiger partial charge in [0.2, 0.25) is 5.75 Å². The molecule has 2 atom stereocenters. The molecule has 0 aromatic heterocycles. The highest BCUT2D eigenvalue weighted by Gasteiger charge is 2.66. The third-order valence-electron chi connectivity index (χ3n) is 6.25. The van der Waals surface area contributed by atoms with Crippen molar-refractivity contribution in [2.75, 3.05) is 32.4 Å². The monoisotopic (exact) mass is 469 g/mol. The molecule has 2 fully saturated rings. The minimum Gasteiger partial charge on any atom is -0.493 e. The Morgan fingerprint density at radius 3 is 2.39 bits per heavy atom. The molecule has 1 spiro atoms. The Labute approximate surface area is 195 Å². The Balaban J connectivity index is 1.52. The van der Waals surface area contributed by atoms with Crippen LogP contribution in [0.4, 0.5) is 10.5 Å². The molecule has 3 aliphatic rings. The number of ether oxygens (including phenoxy) is 3. The standard InChI is InChI=1S/C23H23N3O6S/c1-12-5-6-15-14(7-12)23(21(28)24-15)26-16(11-33-23)20(27)25(22(26)29)10-13-8-17(30-2)19(32-4)18(9-13)31-3/h5-9,16H,10-11H2,1-4H3,(H,24,28)/t16-,23+/m0/s1. The van der Waals surface area contributed by atoms with E-state index in [-0.39, 0.29) is 18.4 Å². The SMILES string of the molecule is COc1cc(CN2C(=O)[C@@H]3CS[C@]4(C(=O)Nc5ccc(C)cc54)N3C2=O)cc(OC)c1OC. The maximum absolute atomic E-state index is 13.6. The first kappa shape index (κ1) is 21.4. The Bertz CT molecular complexity index is 1180. The zero-order chi connectivity index (χ0) is 23.5. The van der Waals surface area contributed by atoms with Crippen LogP contribution in [0.1, 0.15) is 16.7 Å². The third-order valence-corrected chi connectivity index (χ3v) is 7.75. The lowest BCUT2D eigenvalue weighted by atomic mass is 10.0. The molecule has 0 aliphatic carbocycles. The van der Waals surface area contributed by atoms with Crippen molar-refractivity contribution in [3.05, 3.63) is 47.0 Å². The van der Waals surface area contributed by atoms with Crippen LogP contribution in [0.3, 0.4) is 0 Å². The van der Waals surface area contributed by atoms with Crippen LogP contribution >= 0.6 is 11.8 Å². The summed E-state index contributed by atoms with van der Waals surface area (Å²) in [6, 6.07) is 7.86. The summed E-state index contributed by atoms with van der Waals surface area (Å²) in [5.41, 5.74) is 3.00. The van der Waals surface area contributed by atoms with Gasteiger partial charge in [0.1, 0.15) is 6.04 Å². The van der Waals surface area contributed by atoms with E-state index < -0.39 is 16.9 Å². The van der Waals surface area contributed by atoms with Crippen LogP contribution in [0.25, 0.3) is 0 Å². The predicted molar refractivity (Wildman–Crippen MR) is 122 cm³/mol. The van der Waals surface area contributed by atoms with E-state index in [1.165, 1.54) is 42.9 Å². The lowest BCUT2D eigenvalue weighted by Gasteiger charge is -2.31. The number of hydrogen-bond donors (Lipinski definition) is 1. The van der Waals surface area contributed by atoms with Gasteiger partial charge in [-0.1, -0.05) is 17.7 Å². The molecule has 0 radical (unpaired) electrons. The van der Waals surface area contributed by atoms with Crippen LogP contribution in [0.2, 0.25) is 0 Å². The topological polar surface area (TPSA) is 97.4 Å². The number of urea groups is 1. The number of thioether (sulfide) groups is 1. The number of nitrogens with one attached hydrogen (secondary N) is 1. The highest BCUT2D eigenvalue weighted by Crippen LogP contribution is 2.56. The molecule has 0 unspecified atom stereocenters. The van der Waals surface area contributed by atoms with Crippen molar-refractivity contribution in [3.63, 3.8) is 0 Å². The molecule has 2 aromatic carbocycles. The summed E-state index contributed by atoms with van der Waals surface area (Å²) in [5, 5.41) is 2.88. The number of rotatable bonds is 5. The zero-order valence-electron chi connectivity index (χ0n) is 18.6. The first-order valence-electron chi connectivity index (χ1n) is 10.4. The van der Waals surface area contributed by atoms with E-state index in [0.29, 0.717) is 34.3 Å². The molecule has 1 N–H and O–H groups in total. The maximum Gasteiger partial charge on any atom is 0.329 e. The largest absolute Gasteiger partial charge is 0.493 e. The number of nitrogens with zero attached hydrogens (tertiary/aromatic N) is 2. The lowest BCUT2D eigenvalue weighted by Crippen LogP contribution is -2.49. The van der Waals surface area contributed by atoms with E-state index in [4.69, 9.17) is 14.2 Å². The van der Waals surface area contributed by atoms with Gasteiger partial charge in [-0.3, -0.25) is 19.4 Å². The van der Waals surface area contributed by atoms with Crippen molar-refractivity contribution in [2.24, 2.45) is 0 Å². The number of methoxy groups -OCH3 is 3. The molecule has 172 valence electrons. The average Bonchev–Trinajstić information content (AvgIpc) is 3.42. The highest BCUT2D eigenvalue weighted by molar-refractivity contribution is 8.01. The lowest BCUT2D eigenvalue weighted by molar-refractivity contribution is -0.128. The summed E-state index contributed by atoms with van der Waals surface area (Å²) in [6.07, 6.45) is 0. The minimum atomic E-state index is -1.25. The molecule has 2 saturated heterocycles. The van der Waals surface area contributed by atoms with Crippen LogP contribution in [0, 0.1) is 6.92 Å². The number of carbonyl (C=O) groups is 3. The fourth-order valence-electron chi connectivity index (χ4n) is 4.73. The summed E-state index contributed by atoms with van der Waals surface area (Å²) in [4.78, 5) is 41.4. The smallest absolute Gasteiger partial charge is 0.329 e. The van der Waals surface area contributed by atoms with Gasteiger partial charge in [-0.05, 0) is 30.7 Å². The number of amides is 4. The number of imide groups is 1. The first-order valence-corrected chi connectivity index (χ1v) is 11.3.